The lowest BCUT2D eigenvalue weighted by Gasteiger charge is -2.11. The van der Waals surface area contributed by atoms with Crippen molar-refractivity contribution in [3.63, 3.8) is 0 Å². The van der Waals surface area contributed by atoms with Crippen LogP contribution in [0.25, 0.3) is 6.08 Å². The van der Waals surface area contributed by atoms with E-state index in [0.717, 1.165) is 0 Å². The zero-order chi connectivity index (χ0) is 21.7. The molecule has 1 heterocycles. The first-order chi connectivity index (χ1) is 14.5. The Morgan fingerprint density at radius 1 is 1.13 bits per heavy atom. The number of para-hydroxylation sites is 1. The number of esters is 1. The molecule has 0 aromatic heterocycles. The van der Waals surface area contributed by atoms with Crippen molar-refractivity contribution in [1.82, 2.24) is 0 Å². The number of rotatable bonds is 7. The van der Waals surface area contributed by atoms with Crippen molar-refractivity contribution in [2.45, 2.75) is 6.92 Å². The Kier molecular flexibility index (Phi) is 6.79. The fraction of sp³-hybridized carbons (Fsp3) is 0.182. The molecule has 8 heteroatoms. The Balaban J connectivity index is 1.99. The molecule has 3 rings (SSSR count). The number of hydrogen-bond acceptors (Lipinski definition) is 7. The number of allylic oxidation sites excluding steroid dienone is 1. The predicted molar refractivity (Wildman–Crippen MR) is 115 cm³/mol. The van der Waals surface area contributed by atoms with Gasteiger partial charge in [-0.3, -0.25) is 4.79 Å². The Hall–Kier alpha value is -3.26. The summed E-state index contributed by atoms with van der Waals surface area (Å²) >= 11 is 3.45. The van der Waals surface area contributed by atoms with Crippen LogP contribution in [-0.2, 0) is 19.1 Å². The van der Waals surface area contributed by atoms with E-state index in [2.05, 4.69) is 21.2 Å². The average molecular weight is 474 g/mol. The maximum absolute atomic E-state index is 13.0. The molecule has 1 aliphatic rings. The molecule has 1 N–H and O–H groups in total. The highest BCUT2D eigenvalue weighted by Crippen LogP contribution is 2.36. The summed E-state index contributed by atoms with van der Waals surface area (Å²) in [7, 11) is 3.05. The first-order valence-corrected chi connectivity index (χ1v) is 9.87. The van der Waals surface area contributed by atoms with Gasteiger partial charge in [0, 0.05) is 10.2 Å². The zero-order valence-corrected chi connectivity index (χ0v) is 18.2. The number of Topliss-reactive ketones (excluding diaryl/α,β-unsaturated/α-hetero) is 1. The van der Waals surface area contributed by atoms with Crippen molar-refractivity contribution >= 4 is 39.4 Å². The summed E-state index contributed by atoms with van der Waals surface area (Å²) in [5, 5.41) is 2.97. The fourth-order valence-corrected chi connectivity index (χ4v) is 3.22. The highest BCUT2D eigenvalue weighted by Gasteiger charge is 2.37. The number of methoxy groups -OCH3 is 2. The number of nitrogens with one attached hydrogen (secondary N) is 1. The predicted octanol–water partition coefficient (Wildman–Crippen LogP) is 4.29. The molecule has 30 heavy (non-hydrogen) atoms. The van der Waals surface area contributed by atoms with Gasteiger partial charge in [-0.15, -0.1) is 0 Å². The van der Waals surface area contributed by atoms with Crippen molar-refractivity contribution < 1.29 is 28.5 Å². The molecule has 2 aromatic carbocycles. The van der Waals surface area contributed by atoms with Gasteiger partial charge in [-0.05, 0) is 42.8 Å². The molecular weight excluding hydrogens is 454 g/mol. The number of ketones is 1. The number of carbonyl (C=O) groups is 2. The van der Waals surface area contributed by atoms with Crippen LogP contribution in [0.4, 0.5) is 5.69 Å². The number of hydrogen-bond donors (Lipinski definition) is 1. The average Bonchev–Trinajstić information content (AvgIpc) is 3.04. The van der Waals surface area contributed by atoms with Gasteiger partial charge in [0.15, 0.2) is 22.8 Å². The first kappa shape index (κ1) is 21.4. The standard InChI is InChI=1S/C22H20BrNO6/c1-4-29-22(26)19-20(25)18(30-21(19)24-14-8-6-5-7-9-14)11-13-10-16(27-2)17(28-3)12-15(13)23/h5-12,24H,4H2,1-3H3/b18-11-. The number of carbonyl (C=O) groups excluding carboxylic acids is 2. The molecule has 0 aliphatic carbocycles. The monoisotopic (exact) mass is 473 g/mol. The van der Waals surface area contributed by atoms with Crippen molar-refractivity contribution in [1.29, 1.82) is 0 Å². The van der Waals surface area contributed by atoms with E-state index < -0.39 is 11.8 Å². The third kappa shape index (κ3) is 4.49. The van der Waals surface area contributed by atoms with Gasteiger partial charge in [0.2, 0.25) is 11.7 Å². The van der Waals surface area contributed by atoms with Crippen molar-refractivity contribution in [3.8, 4) is 11.5 Å². The minimum Gasteiger partial charge on any atom is -0.493 e. The zero-order valence-electron chi connectivity index (χ0n) is 16.7. The van der Waals surface area contributed by atoms with Crippen LogP contribution < -0.4 is 14.8 Å². The molecule has 0 saturated heterocycles. The summed E-state index contributed by atoms with van der Waals surface area (Å²) in [6.45, 7) is 1.80. The molecule has 0 radical (unpaired) electrons. The van der Waals surface area contributed by atoms with Crippen molar-refractivity contribution in [3.05, 3.63) is 69.7 Å². The molecule has 156 valence electrons. The van der Waals surface area contributed by atoms with E-state index in [1.54, 1.807) is 31.2 Å². The molecule has 0 unspecified atom stereocenters. The molecule has 0 bridgehead atoms. The smallest absolute Gasteiger partial charge is 0.347 e. The second-order valence-corrected chi connectivity index (χ2v) is 6.94. The van der Waals surface area contributed by atoms with Gasteiger partial charge in [0.25, 0.3) is 0 Å². The van der Waals surface area contributed by atoms with Crippen LogP contribution in [0, 0.1) is 0 Å². The summed E-state index contributed by atoms with van der Waals surface area (Å²) in [6.07, 6.45) is 1.52. The highest BCUT2D eigenvalue weighted by molar-refractivity contribution is 9.10. The van der Waals surface area contributed by atoms with Crippen LogP contribution in [0.2, 0.25) is 0 Å². The van der Waals surface area contributed by atoms with E-state index >= 15 is 0 Å². The number of anilines is 1. The van der Waals surface area contributed by atoms with Crippen LogP contribution in [0.3, 0.4) is 0 Å². The van der Waals surface area contributed by atoms with E-state index in [1.165, 1.54) is 20.3 Å². The van der Waals surface area contributed by atoms with Crippen LogP contribution >= 0.6 is 15.9 Å². The molecule has 0 atom stereocenters. The molecule has 1 aliphatic heterocycles. The lowest BCUT2D eigenvalue weighted by molar-refractivity contribution is -0.139. The van der Waals surface area contributed by atoms with E-state index in [0.29, 0.717) is 27.2 Å². The molecule has 2 aromatic rings. The van der Waals surface area contributed by atoms with Gasteiger partial charge in [-0.25, -0.2) is 4.79 Å². The van der Waals surface area contributed by atoms with E-state index in [1.807, 2.05) is 18.2 Å². The highest BCUT2D eigenvalue weighted by atomic mass is 79.9. The summed E-state index contributed by atoms with van der Waals surface area (Å²) in [4.78, 5) is 25.4. The van der Waals surface area contributed by atoms with Crippen molar-refractivity contribution in [2.75, 3.05) is 26.1 Å². The number of benzene rings is 2. The minimum absolute atomic E-state index is 0.0208. The molecule has 0 spiro atoms. The minimum atomic E-state index is -0.754. The molecular formula is C22H20BrNO6. The molecule has 0 amide bonds. The van der Waals surface area contributed by atoms with Gasteiger partial charge < -0.3 is 24.3 Å². The lowest BCUT2D eigenvalue weighted by Crippen LogP contribution is -2.16. The SMILES string of the molecule is CCOC(=O)C1=C(Nc2ccccc2)O/C(=C\c2cc(OC)c(OC)cc2Br)C1=O. The fourth-order valence-electron chi connectivity index (χ4n) is 2.78. The van der Waals surface area contributed by atoms with E-state index in [9.17, 15) is 9.59 Å². The third-order valence-corrected chi connectivity index (χ3v) is 4.88. The van der Waals surface area contributed by atoms with Crippen molar-refractivity contribution in [2.24, 2.45) is 0 Å². The normalized spacial score (nSPS) is 14.5. The Morgan fingerprint density at radius 2 is 1.80 bits per heavy atom. The molecule has 0 saturated carbocycles. The Morgan fingerprint density at radius 3 is 2.43 bits per heavy atom. The van der Waals surface area contributed by atoms with Crippen LogP contribution in [-0.4, -0.2) is 32.6 Å². The maximum Gasteiger partial charge on any atom is 0.347 e. The van der Waals surface area contributed by atoms with E-state index in [-0.39, 0.29) is 23.8 Å². The Labute approximate surface area is 182 Å². The summed E-state index contributed by atoms with van der Waals surface area (Å²) in [6, 6.07) is 12.5. The quantitative estimate of drug-likeness (QED) is 0.364. The van der Waals surface area contributed by atoms with Crippen LogP contribution in [0.5, 0.6) is 11.5 Å². The second-order valence-electron chi connectivity index (χ2n) is 6.08. The molecule has 7 nitrogen and oxygen atoms in total. The third-order valence-electron chi connectivity index (χ3n) is 4.19. The summed E-state index contributed by atoms with van der Waals surface area (Å²) in [5.74, 6) is -0.317. The van der Waals surface area contributed by atoms with Crippen LogP contribution in [0.1, 0.15) is 12.5 Å². The van der Waals surface area contributed by atoms with Gasteiger partial charge in [0.1, 0.15) is 0 Å². The summed E-state index contributed by atoms with van der Waals surface area (Å²) in [5.41, 5.74) is 1.08. The van der Waals surface area contributed by atoms with Gasteiger partial charge >= 0.3 is 5.97 Å². The maximum atomic E-state index is 13.0. The largest absolute Gasteiger partial charge is 0.493 e. The number of halogens is 1. The topological polar surface area (TPSA) is 83.1 Å². The first-order valence-electron chi connectivity index (χ1n) is 9.07. The second kappa shape index (κ2) is 9.49. The summed E-state index contributed by atoms with van der Waals surface area (Å²) < 4.78 is 22.0. The Bertz CT molecular complexity index is 1030. The van der Waals surface area contributed by atoms with Gasteiger partial charge in [-0.2, -0.15) is 0 Å². The molecule has 0 fully saturated rings. The van der Waals surface area contributed by atoms with Gasteiger partial charge in [0.05, 0.1) is 20.8 Å². The lowest BCUT2D eigenvalue weighted by atomic mass is 10.1. The number of ether oxygens (including phenoxy) is 4. The van der Waals surface area contributed by atoms with Crippen LogP contribution in [0.15, 0.2) is 64.2 Å². The van der Waals surface area contributed by atoms with Gasteiger partial charge in [-0.1, -0.05) is 34.1 Å². The van der Waals surface area contributed by atoms with E-state index in [4.69, 9.17) is 18.9 Å².